The summed E-state index contributed by atoms with van der Waals surface area (Å²) in [6, 6.07) is 9.06. The zero-order valence-corrected chi connectivity index (χ0v) is 16.3. The zero-order valence-electron chi connectivity index (χ0n) is 15.4. The summed E-state index contributed by atoms with van der Waals surface area (Å²) in [4.78, 5) is 6.79. The summed E-state index contributed by atoms with van der Waals surface area (Å²) in [5.41, 5.74) is 1.35. The highest BCUT2D eigenvalue weighted by Crippen LogP contribution is 2.22. The van der Waals surface area contributed by atoms with Crippen molar-refractivity contribution in [3.05, 3.63) is 41.4 Å². The van der Waals surface area contributed by atoms with Crippen LogP contribution in [0.1, 0.15) is 45.1 Å². The quantitative estimate of drug-likeness (QED) is 0.800. The molecule has 0 aliphatic carbocycles. The van der Waals surface area contributed by atoms with Crippen LogP contribution in [0.4, 0.5) is 5.13 Å². The SMILES string of the molecule is CC(CNC1CCN(c2nccs2)CC1)Oc1ccc(C(C)C)cc1. The van der Waals surface area contributed by atoms with Gasteiger partial charge in [0.15, 0.2) is 5.13 Å². The van der Waals surface area contributed by atoms with Gasteiger partial charge < -0.3 is 15.0 Å². The monoisotopic (exact) mass is 359 g/mol. The van der Waals surface area contributed by atoms with E-state index in [1.807, 2.05) is 11.6 Å². The summed E-state index contributed by atoms with van der Waals surface area (Å²) in [7, 11) is 0. The summed E-state index contributed by atoms with van der Waals surface area (Å²) < 4.78 is 6.04. The molecule has 1 unspecified atom stereocenters. The Labute approximate surface area is 155 Å². The normalized spacial score (nSPS) is 17.0. The van der Waals surface area contributed by atoms with E-state index in [1.54, 1.807) is 11.3 Å². The van der Waals surface area contributed by atoms with Gasteiger partial charge in [0.1, 0.15) is 11.9 Å². The average Bonchev–Trinajstić information content (AvgIpc) is 3.15. The Bertz CT molecular complexity index is 619. The largest absolute Gasteiger partial charge is 0.489 e. The minimum Gasteiger partial charge on any atom is -0.489 e. The Kier molecular flexibility index (Phi) is 6.32. The maximum Gasteiger partial charge on any atom is 0.185 e. The molecule has 3 rings (SSSR count). The van der Waals surface area contributed by atoms with E-state index in [-0.39, 0.29) is 6.10 Å². The highest BCUT2D eigenvalue weighted by molar-refractivity contribution is 7.13. The van der Waals surface area contributed by atoms with E-state index in [9.17, 15) is 0 Å². The number of aromatic nitrogens is 1. The molecular weight excluding hydrogens is 330 g/mol. The molecule has 2 aromatic rings. The van der Waals surface area contributed by atoms with Crippen LogP contribution in [0.3, 0.4) is 0 Å². The molecule has 1 N–H and O–H groups in total. The van der Waals surface area contributed by atoms with Crippen molar-refractivity contribution in [2.45, 2.75) is 51.7 Å². The zero-order chi connectivity index (χ0) is 17.6. The smallest absolute Gasteiger partial charge is 0.185 e. The van der Waals surface area contributed by atoms with E-state index >= 15 is 0 Å². The van der Waals surface area contributed by atoms with Crippen LogP contribution in [-0.2, 0) is 0 Å². The molecule has 0 radical (unpaired) electrons. The molecule has 2 heterocycles. The Hall–Kier alpha value is -1.59. The topological polar surface area (TPSA) is 37.4 Å². The summed E-state index contributed by atoms with van der Waals surface area (Å²) in [5.74, 6) is 1.51. The van der Waals surface area contributed by atoms with Crippen molar-refractivity contribution in [1.29, 1.82) is 0 Å². The average molecular weight is 360 g/mol. The maximum atomic E-state index is 6.04. The number of benzene rings is 1. The predicted octanol–water partition coefficient (Wildman–Crippen LogP) is 4.29. The van der Waals surface area contributed by atoms with Crippen molar-refractivity contribution in [2.75, 3.05) is 24.5 Å². The van der Waals surface area contributed by atoms with E-state index in [2.05, 4.69) is 60.2 Å². The lowest BCUT2D eigenvalue weighted by molar-refractivity contribution is 0.207. The third-order valence-electron chi connectivity index (χ3n) is 4.76. The van der Waals surface area contributed by atoms with Crippen molar-refractivity contribution in [1.82, 2.24) is 10.3 Å². The first-order chi connectivity index (χ1) is 12.1. The second-order valence-electron chi connectivity index (χ2n) is 7.14. The number of rotatable bonds is 7. The third kappa shape index (κ3) is 5.19. The van der Waals surface area contributed by atoms with E-state index in [4.69, 9.17) is 4.74 Å². The minimum absolute atomic E-state index is 0.168. The minimum atomic E-state index is 0.168. The van der Waals surface area contributed by atoms with Gasteiger partial charge in [-0.2, -0.15) is 0 Å². The summed E-state index contributed by atoms with van der Waals surface area (Å²) in [5, 5.41) is 6.87. The molecule has 1 aromatic carbocycles. The number of hydrogen-bond donors (Lipinski definition) is 1. The van der Waals surface area contributed by atoms with Gasteiger partial charge in [0.05, 0.1) is 0 Å². The van der Waals surface area contributed by atoms with Crippen LogP contribution in [0.2, 0.25) is 0 Å². The molecule has 1 saturated heterocycles. The van der Waals surface area contributed by atoms with Crippen molar-refractivity contribution in [2.24, 2.45) is 0 Å². The van der Waals surface area contributed by atoms with Crippen LogP contribution in [0.15, 0.2) is 35.8 Å². The fourth-order valence-electron chi connectivity index (χ4n) is 3.18. The molecule has 136 valence electrons. The van der Waals surface area contributed by atoms with E-state index in [0.29, 0.717) is 12.0 Å². The Morgan fingerprint density at radius 1 is 1.20 bits per heavy atom. The maximum absolute atomic E-state index is 6.04. The van der Waals surface area contributed by atoms with Crippen molar-refractivity contribution < 1.29 is 4.74 Å². The van der Waals surface area contributed by atoms with Gasteiger partial charge in [0.2, 0.25) is 0 Å². The van der Waals surface area contributed by atoms with Crippen LogP contribution < -0.4 is 15.0 Å². The summed E-state index contributed by atoms with van der Waals surface area (Å²) in [6.45, 7) is 9.60. The number of piperidine rings is 1. The first kappa shape index (κ1) is 18.2. The van der Waals surface area contributed by atoms with Crippen LogP contribution >= 0.6 is 11.3 Å². The molecule has 1 fully saturated rings. The molecule has 1 atom stereocenters. The Morgan fingerprint density at radius 2 is 1.92 bits per heavy atom. The molecule has 0 saturated carbocycles. The number of nitrogens with one attached hydrogen (secondary N) is 1. The molecule has 0 spiro atoms. The molecular formula is C20H29N3OS. The van der Waals surface area contributed by atoms with Gasteiger partial charge in [-0.25, -0.2) is 4.98 Å². The molecule has 1 aromatic heterocycles. The first-order valence-electron chi connectivity index (χ1n) is 9.26. The molecule has 25 heavy (non-hydrogen) atoms. The molecule has 5 heteroatoms. The predicted molar refractivity (Wildman–Crippen MR) is 106 cm³/mol. The number of nitrogens with zero attached hydrogens (tertiary/aromatic N) is 2. The van der Waals surface area contributed by atoms with Gasteiger partial charge in [0, 0.05) is 37.3 Å². The third-order valence-corrected chi connectivity index (χ3v) is 5.60. The standard InChI is InChI=1S/C20H29N3OS/c1-15(2)17-4-6-19(7-5-17)24-16(3)14-22-18-8-11-23(12-9-18)20-21-10-13-25-20/h4-7,10,13,15-16,18,22H,8-9,11-12,14H2,1-3H3. The van der Waals surface area contributed by atoms with Gasteiger partial charge in [0.25, 0.3) is 0 Å². The Balaban J connectivity index is 1.38. The summed E-state index contributed by atoms with van der Waals surface area (Å²) >= 11 is 1.73. The Morgan fingerprint density at radius 3 is 2.52 bits per heavy atom. The number of anilines is 1. The molecule has 0 bridgehead atoms. The van der Waals surface area contributed by atoms with Crippen LogP contribution in [0.25, 0.3) is 0 Å². The van der Waals surface area contributed by atoms with Crippen LogP contribution in [0, 0.1) is 0 Å². The lowest BCUT2D eigenvalue weighted by Crippen LogP contribution is -2.45. The molecule has 0 amide bonds. The van der Waals surface area contributed by atoms with Gasteiger partial charge >= 0.3 is 0 Å². The molecule has 1 aliphatic rings. The second kappa shape index (κ2) is 8.68. The first-order valence-corrected chi connectivity index (χ1v) is 10.1. The molecule has 1 aliphatic heterocycles. The van der Waals surface area contributed by atoms with Gasteiger partial charge in [-0.15, -0.1) is 11.3 Å². The van der Waals surface area contributed by atoms with Crippen molar-refractivity contribution >= 4 is 16.5 Å². The number of thiazole rings is 1. The highest BCUT2D eigenvalue weighted by atomic mass is 32.1. The number of hydrogen-bond acceptors (Lipinski definition) is 5. The van der Waals surface area contributed by atoms with Gasteiger partial charge in [-0.05, 0) is 43.4 Å². The molecule has 4 nitrogen and oxygen atoms in total. The van der Waals surface area contributed by atoms with E-state index < -0.39 is 0 Å². The highest BCUT2D eigenvalue weighted by Gasteiger charge is 2.20. The fraction of sp³-hybridized carbons (Fsp3) is 0.550. The van der Waals surface area contributed by atoms with Gasteiger partial charge in [-0.3, -0.25) is 0 Å². The van der Waals surface area contributed by atoms with Crippen LogP contribution in [0.5, 0.6) is 5.75 Å². The van der Waals surface area contributed by atoms with Crippen LogP contribution in [-0.4, -0.2) is 36.8 Å². The fourth-order valence-corrected chi connectivity index (χ4v) is 3.88. The summed E-state index contributed by atoms with van der Waals surface area (Å²) in [6.07, 6.45) is 4.38. The lowest BCUT2D eigenvalue weighted by atomic mass is 10.0. The van der Waals surface area contributed by atoms with Crippen molar-refractivity contribution in [3.8, 4) is 5.75 Å². The lowest BCUT2D eigenvalue weighted by Gasteiger charge is -2.32. The van der Waals surface area contributed by atoms with Crippen molar-refractivity contribution in [3.63, 3.8) is 0 Å². The van der Waals surface area contributed by atoms with E-state index in [0.717, 1.165) is 43.4 Å². The number of ether oxygens (including phenoxy) is 1. The van der Waals surface area contributed by atoms with E-state index in [1.165, 1.54) is 5.56 Å². The van der Waals surface area contributed by atoms with Gasteiger partial charge in [-0.1, -0.05) is 26.0 Å². The second-order valence-corrected chi connectivity index (χ2v) is 8.01.